The second-order valence-electron chi connectivity index (χ2n) is 5.62. The lowest BCUT2D eigenvalue weighted by Crippen LogP contribution is -2.32. The van der Waals surface area contributed by atoms with E-state index in [2.05, 4.69) is 0 Å². The number of benzene rings is 2. The molecule has 3 rings (SSSR count). The molecule has 0 saturated heterocycles. The van der Waals surface area contributed by atoms with Crippen LogP contribution >= 0.6 is 0 Å². The molecule has 2 aromatic rings. The average molecular weight is 349 g/mol. The van der Waals surface area contributed by atoms with Gasteiger partial charge < -0.3 is 0 Å². The summed E-state index contributed by atoms with van der Waals surface area (Å²) in [6.45, 7) is 1.59. The summed E-state index contributed by atoms with van der Waals surface area (Å²) in [6.07, 6.45) is 1.69. The van der Waals surface area contributed by atoms with Crippen molar-refractivity contribution in [1.29, 1.82) is 0 Å². The molecule has 6 heteroatoms. The van der Waals surface area contributed by atoms with E-state index in [-0.39, 0.29) is 17.9 Å². The summed E-state index contributed by atoms with van der Waals surface area (Å²) in [5, 5.41) is 0. The van der Waals surface area contributed by atoms with E-state index in [0.717, 1.165) is 23.8 Å². The molecule has 0 aliphatic carbocycles. The smallest absolute Gasteiger partial charge is 0.212 e. The Balaban J connectivity index is 2.08. The van der Waals surface area contributed by atoms with Crippen LogP contribution in [-0.4, -0.2) is 25.0 Å². The molecule has 1 atom stereocenters. The van der Waals surface area contributed by atoms with Crippen LogP contribution in [0.15, 0.2) is 54.6 Å². The van der Waals surface area contributed by atoms with E-state index in [9.17, 15) is 17.2 Å². The minimum absolute atomic E-state index is 0.0239. The van der Waals surface area contributed by atoms with Crippen molar-refractivity contribution in [2.45, 2.75) is 13.0 Å². The highest BCUT2D eigenvalue weighted by atomic mass is 32.2. The summed E-state index contributed by atoms with van der Waals surface area (Å²) < 4.78 is 53.8. The molecule has 1 aliphatic heterocycles. The molecule has 0 aromatic heterocycles. The Labute approximate surface area is 140 Å². The van der Waals surface area contributed by atoms with Crippen molar-refractivity contribution in [2.24, 2.45) is 0 Å². The monoisotopic (exact) mass is 349 g/mol. The lowest BCUT2D eigenvalue weighted by Gasteiger charge is -2.23. The zero-order valence-electron chi connectivity index (χ0n) is 13.1. The topological polar surface area (TPSA) is 37.4 Å². The SMILES string of the molecule is CCS(=O)(=O)N1CC(c2cc(F)ccc2F)=CC1c1ccccc1. The molecule has 0 radical (unpaired) electrons. The van der Waals surface area contributed by atoms with Crippen molar-refractivity contribution in [3.8, 4) is 0 Å². The molecule has 0 spiro atoms. The molecule has 0 fully saturated rings. The van der Waals surface area contributed by atoms with Crippen molar-refractivity contribution >= 4 is 15.6 Å². The van der Waals surface area contributed by atoms with Gasteiger partial charge in [0.2, 0.25) is 10.0 Å². The predicted octanol–water partition coefficient (Wildman–Crippen LogP) is 3.75. The molecule has 126 valence electrons. The molecule has 1 heterocycles. The fourth-order valence-corrected chi connectivity index (χ4v) is 4.06. The number of halogens is 2. The molecular weight excluding hydrogens is 332 g/mol. The fourth-order valence-electron chi connectivity index (χ4n) is 2.86. The van der Waals surface area contributed by atoms with Gasteiger partial charge in [0.25, 0.3) is 0 Å². The Kier molecular flexibility index (Phi) is 4.51. The van der Waals surface area contributed by atoms with Gasteiger partial charge in [0.15, 0.2) is 0 Å². The lowest BCUT2D eigenvalue weighted by molar-refractivity contribution is 0.421. The number of hydrogen-bond donors (Lipinski definition) is 0. The summed E-state index contributed by atoms with van der Waals surface area (Å²) in [6, 6.07) is 11.8. The van der Waals surface area contributed by atoms with E-state index in [1.165, 1.54) is 4.31 Å². The number of hydrogen-bond acceptors (Lipinski definition) is 2. The number of rotatable bonds is 4. The van der Waals surface area contributed by atoms with E-state index in [1.807, 2.05) is 30.3 Å². The molecule has 0 N–H and O–H groups in total. The number of sulfonamides is 1. The fraction of sp³-hybridized carbons (Fsp3) is 0.222. The molecule has 2 aromatic carbocycles. The maximum absolute atomic E-state index is 14.1. The first kappa shape index (κ1) is 16.8. The van der Waals surface area contributed by atoms with Gasteiger partial charge in [-0.25, -0.2) is 17.2 Å². The van der Waals surface area contributed by atoms with Crippen LogP contribution in [0.2, 0.25) is 0 Å². The molecule has 24 heavy (non-hydrogen) atoms. The minimum Gasteiger partial charge on any atom is -0.212 e. The largest absolute Gasteiger partial charge is 0.214 e. The van der Waals surface area contributed by atoms with E-state index in [1.54, 1.807) is 13.0 Å². The van der Waals surface area contributed by atoms with Crippen molar-refractivity contribution in [3.05, 3.63) is 77.4 Å². The molecule has 0 saturated carbocycles. The quantitative estimate of drug-likeness (QED) is 0.843. The third-order valence-corrected chi connectivity index (χ3v) is 5.93. The van der Waals surface area contributed by atoms with Gasteiger partial charge in [-0.1, -0.05) is 36.4 Å². The molecule has 3 nitrogen and oxygen atoms in total. The highest BCUT2D eigenvalue weighted by molar-refractivity contribution is 7.89. The standard InChI is InChI=1S/C18H17F2NO2S/c1-2-24(22,23)21-12-14(16-11-15(19)8-9-17(16)20)10-18(21)13-6-4-3-5-7-13/h3-11,18H,2,12H2,1H3. The van der Waals surface area contributed by atoms with Crippen LogP contribution in [0.5, 0.6) is 0 Å². The van der Waals surface area contributed by atoms with Crippen LogP contribution in [0.3, 0.4) is 0 Å². The van der Waals surface area contributed by atoms with Crippen LogP contribution in [0.25, 0.3) is 5.57 Å². The van der Waals surface area contributed by atoms with Gasteiger partial charge in [0, 0.05) is 12.1 Å². The van der Waals surface area contributed by atoms with Crippen molar-refractivity contribution in [1.82, 2.24) is 4.31 Å². The normalized spacial score (nSPS) is 18.6. The summed E-state index contributed by atoms with van der Waals surface area (Å²) >= 11 is 0. The van der Waals surface area contributed by atoms with E-state index in [4.69, 9.17) is 0 Å². The van der Waals surface area contributed by atoms with Crippen LogP contribution in [-0.2, 0) is 10.0 Å². The van der Waals surface area contributed by atoms with Crippen LogP contribution in [0.4, 0.5) is 8.78 Å². The Bertz CT molecular complexity index is 879. The molecule has 1 aliphatic rings. The second-order valence-corrected chi connectivity index (χ2v) is 7.83. The van der Waals surface area contributed by atoms with Gasteiger partial charge in [-0.15, -0.1) is 0 Å². The third-order valence-electron chi connectivity index (χ3n) is 4.13. The Morgan fingerprint density at radius 1 is 1.12 bits per heavy atom. The zero-order chi connectivity index (χ0) is 17.3. The van der Waals surface area contributed by atoms with Gasteiger partial charge in [0.1, 0.15) is 11.6 Å². The second kappa shape index (κ2) is 6.45. The van der Waals surface area contributed by atoms with Crippen molar-refractivity contribution in [3.63, 3.8) is 0 Å². The van der Waals surface area contributed by atoms with Crippen molar-refractivity contribution < 1.29 is 17.2 Å². The lowest BCUT2D eigenvalue weighted by atomic mass is 10.0. The van der Waals surface area contributed by atoms with Gasteiger partial charge >= 0.3 is 0 Å². The van der Waals surface area contributed by atoms with Crippen LogP contribution < -0.4 is 0 Å². The Hall–Kier alpha value is -2.05. The molecular formula is C18H17F2NO2S. The van der Waals surface area contributed by atoms with Gasteiger partial charge in [-0.3, -0.25) is 0 Å². The summed E-state index contributed by atoms with van der Waals surface area (Å²) in [5.41, 5.74) is 1.36. The maximum Gasteiger partial charge on any atom is 0.214 e. The van der Waals surface area contributed by atoms with Crippen LogP contribution in [0, 0.1) is 11.6 Å². The van der Waals surface area contributed by atoms with Gasteiger partial charge in [-0.2, -0.15) is 4.31 Å². The Morgan fingerprint density at radius 2 is 1.83 bits per heavy atom. The van der Waals surface area contributed by atoms with Gasteiger partial charge in [0.05, 0.1) is 11.8 Å². The third kappa shape index (κ3) is 3.12. The van der Waals surface area contributed by atoms with E-state index >= 15 is 0 Å². The summed E-state index contributed by atoms with van der Waals surface area (Å²) in [4.78, 5) is 0. The molecule has 1 unspecified atom stereocenters. The van der Waals surface area contributed by atoms with Crippen LogP contribution in [0.1, 0.15) is 24.1 Å². The highest BCUT2D eigenvalue weighted by Gasteiger charge is 2.35. The van der Waals surface area contributed by atoms with E-state index < -0.39 is 27.7 Å². The van der Waals surface area contributed by atoms with Crippen molar-refractivity contribution in [2.75, 3.05) is 12.3 Å². The maximum atomic E-state index is 14.1. The highest BCUT2D eigenvalue weighted by Crippen LogP contribution is 2.37. The van der Waals surface area contributed by atoms with Gasteiger partial charge in [-0.05, 0) is 36.3 Å². The minimum atomic E-state index is -3.49. The molecule has 0 amide bonds. The number of nitrogens with zero attached hydrogens (tertiary/aromatic N) is 1. The first-order valence-corrected chi connectivity index (χ1v) is 9.24. The first-order chi connectivity index (χ1) is 11.4. The average Bonchev–Trinajstić information content (AvgIpc) is 3.04. The first-order valence-electron chi connectivity index (χ1n) is 7.63. The summed E-state index contributed by atoms with van der Waals surface area (Å²) in [7, 11) is -3.49. The Morgan fingerprint density at radius 3 is 2.50 bits per heavy atom. The predicted molar refractivity (Wildman–Crippen MR) is 89.7 cm³/mol. The summed E-state index contributed by atoms with van der Waals surface area (Å²) in [5.74, 6) is -1.17. The molecule has 0 bridgehead atoms. The zero-order valence-corrected chi connectivity index (χ0v) is 13.9. The van der Waals surface area contributed by atoms with E-state index in [0.29, 0.717) is 5.57 Å².